The molecule has 0 saturated carbocycles. The van der Waals surface area contributed by atoms with E-state index in [1.54, 1.807) is 0 Å². The Kier molecular flexibility index (Phi) is 12.3. The maximum atomic E-state index is 4.57. The van der Waals surface area contributed by atoms with Crippen LogP contribution >= 0.6 is 0 Å². The SMILES string of the molecule is C=C(C)C.CC.CC1CC(C)(C)NC(C)(C)C1.CCc1cc(-c2ccc(C)c(C)c2)cc2cn(C)nc12. The minimum absolute atomic E-state index is 0.334. The molecule has 2 heterocycles. The monoisotopic (exact) mass is 505 g/mol. The van der Waals surface area contributed by atoms with Gasteiger partial charge < -0.3 is 5.32 Å². The largest absolute Gasteiger partial charge is 0.307 e. The summed E-state index contributed by atoms with van der Waals surface area (Å²) in [5.74, 6) is 0.862. The molecule has 0 atom stereocenters. The van der Waals surface area contributed by atoms with Crippen molar-refractivity contribution < 1.29 is 0 Å². The van der Waals surface area contributed by atoms with Gasteiger partial charge in [-0.1, -0.05) is 51.5 Å². The van der Waals surface area contributed by atoms with Crippen molar-refractivity contribution in [3.63, 3.8) is 0 Å². The lowest BCUT2D eigenvalue weighted by Gasteiger charge is -2.45. The molecule has 1 N–H and O–H groups in total. The average Bonchev–Trinajstić information content (AvgIpc) is 3.14. The van der Waals surface area contributed by atoms with E-state index in [0.717, 1.165) is 17.9 Å². The topological polar surface area (TPSA) is 29.9 Å². The molecule has 1 aliphatic rings. The molecule has 1 aromatic heterocycles. The number of rotatable bonds is 2. The number of piperidine rings is 1. The van der Waals surface area contributed by atoms with Gasteiger partial charge in [0.15, 0.2) is 0 Å². The number of aryl methyl sites for hydroxylation is 4. The predicted molar refractivity (Wildman–Crippen MR) is 167 cm³/mol. The number of nitrogens with one attached hydrogen (secondary N) is 1. The number of hydrogen-bond acceptors (Lipinski definition) is 2. The highest BCUT2D eigenvalue weighted by atomic mass is 15.2. The van der Waals surface area contributed by atoms with E-state index in [9.17, 15) is 0 Å². The molecule has 0 bridgehead atoms. The van der Waals surface area contributed by atoms with Crippen LogP contribution < -0.4 is 5.32 Å². The summed E-state index contributed by atoms with van der Waals surface area (Å²) in [5.41, 5.74) is 9.53. The fraction of sp³-hybridized carbons (Fsp3) is 0.559. The fourth-order valence-electron chi connectivity index (χ4n) is 5.52. The van der Waals surface area contributed by atoms with Crippen molar-refractivity contribution in [3.8, 4) is 11.1 Å². The molecule has 1 aliphatic heterocycles. The van der Waals surface area contributed by atoms with Gasteiger partial charge in [0.2, 0.25) is 0 Å². The number of allylic oxidation sites excluding steroid dienone is 1. The first kappa shape index (κ1) is 32.6. The summed E-state index contributed by atoms with van der Waals surface area (Å²) < 4.78 is 1.90. The molecule has 1 saturated heterocycles. The second kappa shape index (κ2) is 14.0. The summed E-state index contributed by atoms with van der Waals surface area (Å²) in [4.78, 5) is 0. The number of fused-ring (bicyclic) bond motifs is 1. The summed E-state index contributed by atoms with van der Waals surface area (Å²) in [6.45, 7) is 29.5. The molecule has 0 spiro atoms. The van der Waals surface area contributed by atoms with Crippen LogP contribution in [0.5, 0.6) is 0 Å². The minimum Gasteiger partial charge on any atom is -0.307 e. The first-order valence-electron chi connectivity index (χ1n) is 14.1. The number of benzene rings is 2. The van der Waals surface area contributed by atoms with E-state index in [2.05, 4.69) is 109 Å². The molecule has 0 radical (unpaired) electrons. The van der Waals surface area contributed by atoms with E-state index < -0.39 is 0 Å². The lowest BCUT2D eigenvalue weighted by Crippen LogP contribution is -2.57. The average molecular weight is 506 g/mol. The molecule has 0 aliphatic carbocycles. The normalized spacial score (nSPS) is 15.9. The van der Waals surface area contributed by atoms with Gasteiger partial charge >= 0.3 is 0 Å². The standard InChI is InChI=1S/C18H20N2.C10H21N.C4H8.C2H6/c1-5-14-9-16(10-17-11-20(4)19-18(14)17)15-7-6-12(2)13(3)8-15;1-8-6-9(2,3)11-10(4,5)7-8;1-4(2)3;1-2/h6-11H,5H2,1-4H3;8,11H,6-7H2,1-5H3;1H2,2-3H3;1-2H3. The summed E-state index contributed by atoms with van der Waals surface area (Å²) in [5, 5.41) is 9.45. The van der Waals surface area contributed by atoms with Gasteiger partial charge in [0.25, 0.3) is 0 Å². The van der Waals surface area contributed by atoms with Crippen molar-refractivity contribution in [3.05, 3.63) is 65.4 Å². The van der Waals surface area contributed by atoms with E-state index >= 15 is 0 Å². The summed E-state index contributed by atoms with van der Waals surface area (Å²) >= 11 is 0. The molecule has 0 amide bonds. The van der Waals surface area contributed by atoms with Crippen molar-refractivity contribution in [2.75, 3.05) is 0 Å². The van der Waals surface area contributed by atoms with Gasteiger partial charge in [-0.3, -0.25) is 4.68 Å². The minimum atomic E-state index is 0.334. The van der Waals surface area contributed by atoms with Crippen LogP contribution in [-0.4, -0.2) is 20.9 Å². The lowest BCUT2D eigenvalue weighted by atomic mass is 9.77. The highest BCUT2D eigenvalue weighted by Gasteiger charge is 2.35. The Bertz CT molecular complexity index is 1130. The highest BCUT2D eigenvalue weighted by molar-refractivity contribution is 5.87. The number of aromatic nitrogens is 2. The zero-order chi connectivity index (χ0) is 28.6. The Labute approximate surface area is 228 Å². The van der Waals surface area contributed by atoms with E-state index in [0.29, 0.717) is 11.1 Å². The second-order valence-corrected chi connectivity index (χ2v) is 12.1. The van der Waals surface area contributed by atoms with Crippen molar-refractivity contribution in [1.29, 1.82) is 0 Å². The summed E-state index contributed by atoms with van der Waals surface area (Å²) in [6, 6.07) is 11.2. The van der Waals surface area contributed by atoms with Gasteiger partial charge in [0, 0.05) is 29.7 Å². The first-order chi connectivity index (χ1) is 17.1. The summed E-state index contributed by atoms with van der Waals surface area (Å²) in [6.07, 6.45) is 5.71. The molecular formula is C34H55N3. The molecule has 1 fully saturated rings. The smallest absolute Gasteiger partial charge is 0.0955 e. The van der Waals surface area contributed by atoms with Crippen LogP contribution in [0.25, 0.3) is 22.0 Å². The molecule has 3 nitrogen and oxygen atoms in total. The van der Waals surface area contributed by atoms with E-state index in [4.69, 9.17) is 0 Å². The van der Waals surface area contributed by atoms with Crippen LogP contribution in [0.4, 0.5) is 0 Å². The van der Waals surface area contributed by atoms with Crippen LogP contribution in [0, 0.1) is 19.8 Å². The molecular weight excluding hydrogens is 450 g/mol. The van der Waals surface area contributed by atoms with Crippen molar-refractivity contribution in [1.82, 2.24) is 15.1 Å². The van der Waals surface area contributed by atoms with Gasteiger partial charge in [-0.15, -0.1) is 6.58 Å². The molecule has 37 heavy (non-hydrogen) atoms. The van der Waals surface area contributed by atoms with Crippen LogP contribution in [0.3, 0.4) is 0 Å². The third-order valence-electron chi connectivity index (χ3n) is 6.42. The van der Waals surface area contributed by atoms with Crippen LogP contribution in [0.2, 0.25) is 0 Å². The maximum Gasteiger partial charge on any atom is 0.0955 e. The van der Waals surface area contributed by atoms with Gasteiger partial charge in [0.1, 0.15) is 0 Å². The molecule has 4 rings (SSSR count). The zero-order valence-corrected chi connectivity index (χ0v) is 26.3. The van der Waals surface area contributed by atoms with Crippen LogP contribution in [0.1, 0.15) is 98.8 Å². The van der Waals surface area contributed by atoms with Crippen molar-refractivity contribution in [2.24, 2.45) is 13.0 Å². The number of nitrogens with zero attached hydrogens (tertiary/aromatic N) is 2. The highest BCUT2D eigenvalue weighted by Crippen LogP contribution is 2.32. The van der Waals surface area contributed by atoms with E-state index in [-0.39, 0.29) is 0 Å². The lowest BCUT2D eigenvalue weighted by molar-refractivity contribution is 0.138. The predicted octanol–water partition coefficient (Wildman–Crippen LogP) is 9.59. The van der Waals surface area contributed by atoms with E-state index in [1.807, 2.05) is 39.4 Å². The van der Waals surface area contributed by atoms with Gasteiger partial charge in [0.05, 0.1) is 5.52 Å². The zero-order valence-electron chi connectivity index (χ0n) is 26.3. The Morgan fingerprint density at radius 3 is 1.97 bits per heavy atom. The Balaban J connectivity index is 0.000000340. The van der Waals surface area contributed by atoms with Crippen molar-refractivity contribution in [2.45, 2.75) is 113 Å². The molecule has 206 valence electrons. The Hall–Kier alpha value is -2.39. The van der Waals surface area contributed by atoms with Crippen molar-refractivity contribution >= 4 is 10.9 Å². The Morgan fingerprint density at radius 1 is 0.973 bits per heavy atom. The maximum absolute atomic E-state index is 4.57. The first-order valence-corrected chi connectivity index (χ1v) is 14.1. The second-order valence-electron chi connectivity index (χ2n) is 12.1. The third-order valence-corrected chi connectivity index (χ3v) is 6.42. The van der Waals surface area contributed by atoms with Gasteiger partial charge in [-0.2, -0.15) is 5.10 Å². The fourth-order valence-corrected chi connectivity index (χ4v) is 5.52. The molecule has 3 aromatic rings. The molecule has 0 unspecified atom stereocenters. The van der Waals surface area contributed by atoms with Gasteiger partial charge in [-0.05, 0) is 121 Å². The quantitative estimate of drug-likeness (QED) is 0.351. The van der Waals surface area contributed by atoms with Gasteiger partial charge in [-0.25, -0.2) is 0 Å². The number of hydrogen-bond donors (Lipinski definition) is 1. The third kappa shape index (κ3) is 10.5. The Morgan fingerprint density at radius 2 is 1.51 bits per heavy atom. The van der Waals surface area contributed by atoms with E-state index in [1.165, 1.54) is 51.6 Å². The molecule has 3 heteroatoms. The summed E-state index contributed by atoms with van der Waals surface area (Å²) in [7, 11) is 1.98. The molecule has 2 aromatic carbocycles. The van der Waals surface area contributed by atoms with Crippen LogP contribution in [0.15, 0.2) is 48.7 Å². The van der Waals surface area contributed by atoms with Crippen LogP contribution in [-0.2, 0) is 13.5 Å².